The minimum absolute atomic E-state index is 0.118. The van der Waals surface area contributed by atoms with Crippen LogP contribution in [0.4, 0.5) is 9.93 Å². The summed E-state index contributed by atoms with van der Waals surface area (Å²) in [6.45, 7) is 1.52. The van der Waals surface area contributed by atoms with Gasteiger partial charge in [0.05, 0.1) is 25.2 Å². The van der Waals surface area contributed by atoms with Crippen LogP contribution in [0.5, 0.6) is 6.01 Å². The Balaban J connectivity index is 1.17. The summed E-state index contributed by atoms with van der Waals surface area (Å²) in [7, 11) is 1.51. The van der Waals surface area contributed by atoms with Crippen molar-refractivity contribution in [2.24, 2.45) is 11.8 Å². The topological polar surface area (TPSA) is 114 Å². The Morgan fingerprint density at radius 3 is 2.90 bits per heavy atom. The van der Waals surface area contributed by atoms with E-state index in [2.05, 4.69) is 40.3 Å². The van der Waals surface area contributed by atoms with E-state index in [4.69, 9.17) is 4.74 Å². The number of fused-ring (bicyclic) bond motifs is 4. The van der Waals surface area contributed by atoms with Crippen LogP contribution in [0.3, 0.4) is 0 Å². The fourth-order valence-electron chi connectivity index (χ4n) is 4.98. The molecule has 6 rings (SSSR count). The Morgan fingerprint density at radius 1 is 1.30 bits per heavy atom. The number of carbonyl (C=O) groups is 1. The highest BCUT2D eigenvalue weighted by atomic mass is 32.1. The Hall–Kier alpha value is -3.21. The summed E-state index contributed by atoms with van der Waals surface area (Å²) in [5, 5.41) is 4.40. The summed E-state index contributed by atoms with van der Waals surface area (Å²) in [5.74, 6) is 0.983. The van der Waals surface area contributed by atoms with E-state index >= 15 is 0 Å². The van der Waals surface area contributed by atoms with E-state index in [1.54, 1.807) is 0 Å². The zero-order valence-electron chi connectivity index (χ0n) is 16.3. The summed E-state index contributed by atoms with van der Waals surface area (Å²) >= 11 is 1.12. The number of ether oxygens (including phenoxy) is 1. The Morgan fingerprint density at radius 2 is 2.13 bits per heavy atom. The predicted octanol–water partition coefficient (Wildman–Crippen LogP) is 2.89. The van der Waals surface area contributed by atoms with Crippen molar-refractivity contribution in [2.75, 3.05) is 25.5 Å². The van der Waals surface area contributed by atoms with Crippen LogP contribution in [-0.4, -0.2) is 60.0 Å². The lowest BCUT2D eigenvalue weighted by atomic mass is 10.0. The zero-order valence-corrected chi connectivity index (χ0v) is 17.1. The van der Waals surface area contributed by atoms with E-state index in [0.29, 0.717) is 23.0 Å². The molecule has 3 atom stereocenters. The third-order valence-electron chi connectivity index (χ3n) is 6.33. The molecule has 154 valence electrons. The molecule has 10 nitrogen and oxygen atoms in total. The van der Waals surface area contributed by atoms with Gasteiger partial charge in [0.15, 0.2) is 0 Å². The number of likely N-dealkylation sites (tertiary alicyclic amines) is 1. The highest BCUT2D eigenvalue weighted by Crippen LogP contribution is 2.45. The molecule has 1 saturated carbocycles. The van der Waals surface area contributed by atoms with Gasteiger partial charge in [0.1, 0.15) is 11.2 Å². The van der Waals surface area contributed by atoms with Crippen molar-refractivity contribution in [3.8, 4) is 6.01 Å². The first-order chi connectivity index (χ1) is 14.7. The van der Waals surface area contributed by atoms with Gasteiger partial charge in [-0.15, -0.1) is 4.37 Å². The maximum absolute atomic E-state index is 12.6. The quantitative estimate of drug-likeness (QED) is 0.523. The molecule has 2 aliphatic rings. The molecule has 1 unspecified atom stereocenters. The van der Waals surface area contributed by atoms with Crippen LogP contribution in [0, 0.1) is 11.8 Å². The van der Waals surface area contributed by atoms with Gasteiger partial charge in [-0.25, -0.2) is 14.8 Å². The summed E-state index contributed by atoms with van der Waals surface area (Å²) in [4.78, 5) is 30.8. The van der Waals surface area contributed by atoms with Crippen LogP contribution in [0.1, 0.15) is 18.9 Å². The zero-order chi connectivity index (χ0) is 20.2. The van der Waals surface area contributed by atoms with Gasteiger partial charge in [0.2, 0.25) is 5.13 Å². The number of nitrogens with one attached hydrogen (secondary N) is 2. The van der Waals surface area contributed by atoms with Crippen LogP contribution < -0.4 is 10.1 Å². The maximum Gasteiger partial charge on any atom is 0.329 e. The second kappa shape index (κ2) is 6.66. The molecule has 0 bridgehead atoms. The van der Waals surface area contributed by atoms with E-state index in [9.17, 15) is 4.79 Å². The summed E-state index contributed by atoms with van der Waals surface area (Å²) in [6.07, 6.45) is 7.77. The number of H-pyrrole nitrogens is 1. The van der Waals surface area contributed by atoms with E-state index in [0.717, 1.165) is 59.5 Å². The summed E-state index contributed by atoms with van der Waals surface area (Å²) < 4.78 is 11.3. The fraction of sp³-hybridized carbons (Fsp3) is 0.421. The van der Waals surface area contributed by atoms with Crippen LogP contribution in [-0.2, 0) is 0 Å². The largest absolute Gasteiger partial charge is 0.466 e. The van der Waals surface area contributed by atoms with E-state index < -0.39 is 0 Å². The number of carbonyl (C=O) groups excluding carboxylic acids is 1. The van der Waals surface area contributed by atoms with Gasteiger partial charge < -0.3 is 19.2 Å². The molecule has 2 amide bonds. The monoisotopic (exact) mass is 424 g/mol. The molecule has 2 N–H and O–H groups in total. The standard InChI is InChI=1S/C19H20N8O2S/c1-29-17-23-18(30-25-17)24-19(28)26-7-10-4-12(5-11(10)8-26)27-9-22-14-6-21-16-13(15(14)27)2-3-20-16/h2-3,6,9-12H,4-5,7-8H2,1H3,(H,20,21)(H,23,24,25,28)/t10-,11+,12?. The molecule has 1 aliphatic carbocycles. The van der Waals surface area contributed by atoms with Gasteiger partial charge >= 0.3 is 12.0 Å². The minimum Gasteiger partial charge on any atom is -0.466 e. The number of amides is 2. The van der Waals surface area contributed by atoms with Gasteiger partial charge in [-0.3, -0.25) is 5.32 Å². The first-order valence-corrected chi connectivity index (χ1v) is 10.7. The lowest BCUT2D eigenvalue weighted by Gasteiger charge is -2.20. The van der Waals surface area contributed by atoms with Crippen LogP contribution in [0.2, 0.25) is 0 Å². The predicted molar refractivity (Wildman–Crippen MR) is 112 cm³/mol. The fourth-order valence-corrected chi connectivity index (χ4v) is 5.52. The number of pyridine rings is 1. The highest BCUT2D eigenvalue weighted by Gasteiger charge is 2.43. The average molecular weight is 424 g/mol. The van der Waals surface area contributed by atoms with Gasteiger partial charge in [-0.1, -0.05) is 0 Å². The van der Waals surface area contributed by atoms with Crippen LogP contribution in [0.25, 0.3) is 22.1 Å². The van der Waals surface area contributed by atoms with Crippen molar-refractivity contribution in [3.05, 3.63) is 24.8 Å². The number of nitrogens with zero attached hydrogens (tertiary/aromatic N) is 6. The molecule has 5 heterocycles. The third kappa shape index (κ3) is 2.72. The normalized spacial score (nSPS) is 23.4. The Bertz CT molecular complexity index is 1230. The molecule has 4 aromatic rings. The van der Waals surface area contributed by atoms with Gasteiger partial charge in [-0.05, 0) is 30.7 Å². The Kier molecular flexibility index (Phi) is 3.91. The number of rotatable bonds is 3. The van der Waals surface area contributed by atoms with Crippen molar-refractivity contribution >= 4 is 44.8 Å². The maximum atomic E-state index is 12.6. The molecular weight excluding hydrogens is 404 g/mol. The number of aromatic amines is 1. The van der Waals surface area contributed by atoms with Gasteiger partial charge in [0.25, 0.3) is 0 Å². The number of imidazole rings is 1. The second-order valence-corrected chi connectivity index (χ2v) is 8.70. The molecule has 0 spiro atoms. The minimum atomic E-state index is -0.118. The molecule has 2 fully saturated rings. The van der Waals surface area contributed by atoms with Crippen molar-refractivity contribution in [1.82, 2.24) is 33.8 Å². The molecular formula is C19H20N8O2S. The molecule has 4 aromatic heterocycles. The first kappa shape index (κ1) is 17.6. The smallest absolute Gasteiger partial charge is 0.329 e. The molecule has 11 heteroatoms. The summed E-state index contributed by atoms with van der Waals surface area (Å²) in [6, 6.07) is 2.61. The van der Waals surface area contributed by atoms with E-state index in [-0.39, 0.29) is 12.0 Å². The number of hydrogen-bond acceptors (Lipinski definition) is 7. The number of anilines is 1. The van der Waals surface area contributed by atoms with E-state index in [1.807, 2.05) is 23.6 Å². The summed E-state index contributed by atoms with van der Waals surface area (Å²) in [5.41, 5.74) is 2.96. The SMILES string of the molecule is COc1nsc(NC(=O)N2C[C@H]3CC(n4cnc5cnc6[nH]ccc6c54)C[C@H]3C2)n1. The molecule has 30 heavy (non-hydrogen) atoms. The average Bonchev–Trinajstić information content (AvgIpc) is 3.53. The van der Waals surface area contributed by atoms with Crippen molar-refractivity contribution < 1.29 is 9.53 Å². The van der Waals surface area contributed by atoms with Crippen molar-refractivity contribution in [2.45, 2.75) is 18.9 Å². The number of urea groups is 1. The van der Waals surface area contributed by atoms with Crippen molar-refractivity contribution in [1.29, 1.82) is 0 Å². The second-order valence-electron chi connectivity index (χ2n) is 7.95. The van der Waals surface area contributed by atoms with E-state index in [1.165, 1.54) is 7.11 Å². The van der Waals surface area contributed by atoms with Crippen molar-refractivity contribution in [3.63, 3.8) is 0 Å². The lowest BCUT2D eigenvalue weighted by molar-refractivity contribution is 0.217. The van der Waals surface area contributed by atoms with Gasteiger partial charge in [0, 0.05) is 42.2 Å². The van der Waals surface area contributed by atoms with Crippen LogP contribution >= 0.6 is 11.5 Å². The number of methoxy groups -OCH3 is 1. The van der Waals surface area contributed by atoms with Crippen LogP contribution in [0.15, 0.2) is 24.8 Å². The number of hydrogen-bond donors (Lipinski definition) is 2. The third-order valence-corrected chi connectivity index (χ3v) is 6.94. The molecule has 1 aliphatic heterocycles. The molecule has 0 radical (unpaired) electrons. The first-order valence-electron chi connectivity index (χ1n) is 9.92. The molecule has 1 saturated heterocycles. The van der Waals surface area contributed by atoms with Gasteiger partial charge in [-0.2, -0.15) is 4.98 Å². The molecule has 0 aromatic carbocycles. The lowest BCUT2D eigenvalue weighted by Crippen LogP contribution is -2.34. The highest BCUT2D eigenvalue weighted by molar-refractivity contribution is 7.10. The Labute approximate surface area is 175 Å². The number of aromatic nitrogens is 6.